The fourth-order valence-corrected chi connectivity index (χ4v) is 3.55. The third-order valence-electron chi connectivity index (χ3n) is 5.46. The number of hydrogen-bond donors (Lipinski definition) is 2. The number of rotatable bonds is 10. The van der Waals surface area contributed by atoms with Gasteiger partial charge in [-0.3, -0.25) is 9.59 Å². The lowest BCUT2D eigenvalue weighted by Crippen LogP contribution is -2.30. The minimum absolute atomic E-state index is 0.0982. The molecule has 0 aromatic heterocycles. The zero-order chi connectivity index (χ0) is 24.5. The molecular weight excluding hydrogens is 428 g/mol. The second-order valence-corrected chi connectivity index (χ2v) is 8.01. The highest BCUT2D eigenvalue weighted by atomic mass is 16.5. The van der Waals surface area contributed by atoms with Crippen LogP contribution in [-0.2, 0) is 16.0 Å². The Morgan fingerprint density at radius 1 is 0.853 bits per heavy atom. The highest BCUT2D eigenvalue weighted by Crippen LogP contribution is 2.24. The van der Waals surface area contributed by atoms with E-state index in [1.165, 1.54) is 6.92 Å². The van der Waals surface area contributed by atoms with E-state index in [1.807, 2.05) is 66.7 Å². The van der Waals surface area contributed by atoms with E-state index in [4.69, 9.17) is 15.2 Å². The van der Waals surface area contributed by atoms with Crippen molar-refractivity contribution in [3.8, 4) is 11.5 Å². The molecule has 0 heterocycles. The minimum Gasteiger partial charge on any atom is -0.497 e. The maximum absolute atomic E-state index is 12.9. The predicted octanol–water partition coefficient (Wildman–Crippen LogP) is 4.34. The van der Waals surface area contributed by atoms with Crippen molar-refractivity contribution in [1.82, 2.24) is 5.32 Å². The molecular formula is C28H30N2O4. The standard InChI is InChI=1S/C28H30N2O4/c1-19(29)26(20(2)31)18-34-25-13-9-21(10-14-25)17-27(32)30-28(22-7-5-4-6-8-22)23-11-15-24(33-3)16-12-23/h4-16,28H,17-18,29H2,1-3H3,(H,30,32)/b26-19-. The number of carbonyl (C=O) groups excluding carboxylic acids is 2. The molecule has 1 atom stereocenters. The quantitative estimate of drug-likeness (QED) is 0.441. The molecule has 0 aliphatic heterocycles. The van der Waals surface area contributed by atoms with E-state index >= 15 is 0 Å². The number of nitrogens with one attached hydrogen (secondary N) is 1. The number of hydrogen-bond acceptors (Lipinski definition) is 5. The van der Waals surface area contributed by atoms with Gasteiger partial charge in [0.15, 0.2) is 5.78 Å². The summed E-state index contributed by atoms with van der Waals surface area (Å²) in [5.74, 6) is 1.15. The number of methoxy groups -OCH3 is 1. The summed E-state index contributed by atoms with van der Waals surface area (Å²) < 4.78 is 10.9. The van der Waals surface area contributed by atoms with Crippen molar-refractivity contribution in [2.45, 2.75) is 26.3 Å². The zero-order valence-electron chi connectivity index (χ0n) is 19.7. The van der Waals surface area contributed by atoms with Gasteiger partial charge in [-0.15, -0.1) is 0 Å². The van der Waals surface area contributed by atoms with Crippen LogP contribution in [0.4, 0.5) is 0 Å². The van der Waals surface area contributed by atoms with Crippen molar-refractivity contribution < 1.29 is 19.1 Å². The monoisotopic (exact) mass is 458 g/mol. The number of allylic oxidation sites excluding steroid dienone is 1. The molecule has 0 spiro atoms. The molecule has 0 radical (unpaired) electrons. The van der Waals surface area contributed by atoms with E-state index in [1.54, 1.807) is 26.2 Å². The Labute approximate surface area is 200 Å². The van der Waals surface area contributed by atoms with E-state index in [0.29, 0.717) is 17.0 Å². The van der Waals surface area contributed by atoms with Crippen molar-refractivity contribution >= 4 is 11.7 Å². The van der Waals surface area contributed by atoms with Crippen molar-refractivity contribution in [3.63, 3.8) is 0 Å². The van der Waals surface area contributed by atoms with Gasteiger partial charge < -0.3 is 20.5 Å². The van der Waals surface area contributed by atoms with Crippen LogP contribution in [0, 0.1) is 0 Å². The Hall–Kier alpha value is -4.06. The predicted molar refractivity (Wildman–Crippen MR) is 133 cm³/mol. The topological polar surface area (TPSA) is 90.6 Å². The molecule has 3 aromatic carbocycles. The Morgan fingerprint density at radius 2 is 1.44 bits per heavy atom. The summed E-state index contributed by atoms with van der Waals surface area (Å²) in [6, 6.07) is 24.5. The first-order valence-corrected chi connectivity index (χ1v) is 11.0. The number of carbonyl (C=O) groups is 2. The van der Waals surface area contributed by atoms with E-state index < -0.39 is 0 Å². The van der Waals surface area contributed by atoms with Gasteiger partial charge in [-0.25, -0.2) is 0 Å². The average molecular weight is 459 g/mol. The van der Waals surface area contributed by atoms with Crippen LogP contribution in [0.5, 0.6) is 11.5 Å². The van der Waals surface area contributed by atoms with Gasteiger partial charge >= 0.3 is 0 Å². The molecule has 3 aromatic rings. The van der Waals surface area contributed by atoms with Crippen LogP contribution in [0.1, 0.15) is 36.6 Å². The number of ketones is 1. The summed E-state index contributed by atoms with van der Waals surface area (Å²) in [5.41, 5.74) is 9.46. The fraction of sp³-hybridized carbons (Fsp3) is 0.214. The Kier molecular flexibility index (Phi) is 8.46. The molecule has 0 fully saturated rings. The number of nitrogens with two attached hydrogens (primary N) is 1. The van der Waals surface area contributed by atoms with Crippen LogP contribution in [0.25, 0.3) is 0 Å². The molecule has 3 N–H and O–H groups in total. The van der Waals surface area contributed by atoms with Gasteiger partial charge in [0.25, 0.3) is 0 Å². The van der Waals surface area contributed by atoms with Crippen LogP contribution in [0.2, 0.25) is 0 Å². The molecule has 6 heteroatoms. The molecule has 0 saturated carbocycles. The number of amides is 1. The Bertz CT molecular complexity index is 1130. The van der Waals surface area contributed by atoms with Crippen LogP contribution in [0.3, 0.4) is 0 Å². The molecule has 0 bridgehead atoms. The third-order valence-corrected chi connectivity index (χ3v) is 5.46. The molecule has 3 rings (SSSR count). The van der Waals surface area contributed by atoms with Crippen molar-refractivity contribution in [3.05, 3.63) is 107 Å². The SMILES string of the molecule is COc1ccc(C(NC(=O)Cc2ccc(OC/C(C(C)=O)=C(\C)N)cc2)c2ccccc2)cc1. The summed E-state index contributed by atoms with van der Waals surface area (Å²) in [6.45, 7) is 3.25. The lowest BCUT2D eigenvalue weighted by molar-refractivity contribution is -0.121. The Balaban J connectivity index is 1.67. The lowest BCUT2D eigenvalue weighted by Gasteiger charge is -2.20. The van der Waals surface area contributed by atoms with Crippen molar-refractivity contribution in [1.29, 1.82) is 0 Å². The van der Waals surface area contributed by atoms with E-state index in [-0.39, 0.29) is 30.8 Å². The van der Waals surface area contributed by atoms with Gasteiger partial charge in [0.1, 0.15) is 18.1 Å². The van der Waals surface area contributed by atoms with Gasteiger partial charge in [-0.1, -0.05) is 54.6 Å². The van der Waals surface area contributed by atoms with E-state index in [9.17, 15) is 9.59 Å². The molecule has 34 heavy (non-hydrogen) atoms. The van der Waals surface area contributed by atoms with Crippen LogP contribution >= 0.6 is 0 Å². The minimum atomic E-state index is -0.279. The third kappa shape index (κ3) is 6.72. The van der Waals surface area contributed by atoms with Crippen molar-refractivity contribution in [2.24, 2.45) is 5.73 Å². The van der Waals surface area contributed by atoms with Gasteiger partial charge in [0.05, 0.1) is 25.1 Å². The van der Waals surface area contributed by atoms with Crippen LogP contribution < -0.4 is 20.5 Å². The number of ether oxygens (including phenoxy) is 2. The van der Waals surface area contributed by atoms with Crippen LogP contribution in [0.15, 0.2) is 90.1 Å². The first-order valence-electron chi connectivity index (χ1n) is 11.0. The number of Topliss-reactive ketones (excluding diaryl/α,β-unsaturated/α-hetero) is 1. The molecule has 6 nitrogen and oxygen atoms in total. The largest absolute Gasteiger partial charge is 0.497 e. The first kappa shape index (κ1) is 24.6. The molecule has 0 saturated heterocycles. The maximum atomic E-state index is 12.9. The van der Waals surface area contributed by atoms with E-state index in [2.05, 4.69) is 5.32 Å². The normalized spacial score (nSPS) is 12.3. The Morgan fingerprint density at radius 3 is 2.00 bits per heavy atom. The smallest absolute Gasteiger partial charge is 0.225 e. The molecule has 0 aliphatic rings. The first-order chi connectivity index (χ1) is 16.4. The van der Waals surface area contributed by atoms with Gasteiger partial charge in [-0.05, 0) is 54.8 Å². The summed E-state index contributed by atoms with van der Waals surface area (Å²) in [4.78, 5) is 24.6. The fourth-order valence-electron chi connectivity index (χ4n) is 3.55. The summed E-state index contributed by atoms with van der Waals surface area (Å²) in [7, 11) is 1.62. The summed E-state index contributed by atoms with van der Waals surface area (Å²) in [6.07, 6.45) is 0.222. The molecule has 1 unspecified atom stereocenters. The van der Waals surface area contributed by atoms with Crippen LogP contribution in [-0.4, -0.2) is 25.4 Å². The zero-order valence-corrected chi connectivity index (χ0v) is 19.7. The number of benzene rings is 3. The maximum Gasteiger partial charge on any atom is 0.225 e. The van der Waals surface area contributed by atoms with Gasteiger partial charge in [-0.2, -0.15) is 0 Å². The molecule has 0 aliphatic carbocycles. The van der Waals surface area contributed by atoms with E-state index in [0.717, 1.165) is 22.4 Å². The van der Waals surface area contributed by atoms with Gasteiger partial charge in [0, 0.05) is 5.70 Å². The molecule has 176 valence electrons. The second kappa shape index (κ2) is 11.7. The van der Waals surface area contributed by atoms with Gasteiger partial charge in [0.2, 0.25) is 5.91 Å². The highest BCUT2D eigenvalue weighted by Gasteiger charge is 2.17. The second-order valence-electron chi connectivity index (χ2n) is 8.01. The lowest BCUT2D eigenvalue weighted by atomic mass is 9.98. The molecule has 1 amide bonds. The average Bonchev–Trinajstić information content (AvgIpc) is 2.84. The highest BCUT2D eigenvalue weighted by molar-refractivity contribution is 5.94. The van der Waals surface area contributed by atoms with Crippen molar-refractivity contribution in [2.75, 3.05) is 13.7 Å². The summed E-state index contributed by atoms with van der Waals surface area (Å²) >= 11 is 0. The summed E-state index contributed by atoms with van der Waals surface area (Å²) in [5, 5.41) is 3.15.